The molecule has 0 aliphatic heterocycles. The van der Waals surface area contributed by atoms with Gasteiger partial charge < -0.3 is 13.7 Å². The minimum absolute atomic E-state index is 0.321. The lowest BCUT2D eigenvalue weighted by atomic mass is 10.1. The molecule has 5 aromatic rings. The fourth-order valence-corrected chi connectivity index (χ4v) is 3.18. The normalized spacial score (nSPS) is 11.0. The van der Waals surface area contributed by atoms with E-state index < -0.39 is 0 Å². The molecular formula is C21H16N6O3. The average molecular weight is 400 g/mol. The Kier molecular flexibility index (Phi) is 4.32. The zero-order valence-corrected chi connectivity index (χ0v) is 16.2. The van der Waals surface area contributed by atoms with Gasteiger partial charge in [-0.1, -0.05) is 35.5 Å². The number of nitrogens with zero attached hydrogens (tertiary/aromatic N) is 6. The molecule has 0 atom stereocenters. The van der Waals surface area contributed by atoms with E-state index in [1.54, 1.807) is 25.6 Å². The van der Waals surface area contributed by atoms with Crippen LogP contribution in [0.15, 0.2) is 69.9 Å². The molecule has 0 unspecified atom stereocenters. The van der Waals surface area contributed by atoms with E-state index in [0.717, 1.165) is 11.3 Å². The summed E-state index contributed by atoms with van der Waals surface area (Å²) in [6, 6.07) is 15.2. The lowest BCUT2D eigenvalue weighted by Gasteiger charge is -2.07. The summed E-state index contributed by atoms with van der Waals surface area (Å²) in [7, 11) is 1.58. The molecule has 3 aromatic heterocycles. The van der Waals surface area contributed by atoms with Gasteiger partial charge in [0.05, 0.1) is 30.8 Å². The van der Waals surface area contributed by atoms with E-state index in [1.165, 1.54) is 4.80 Å². The van der Waals surface area contributed by atoms with E-state index in [0.29, 0.717) is 40.1 Å². The van der Waals surface area contributed by atoms with Gasteiger partial charge in [0, 0.05) is 11.6 Å². The number of ether oxygens (including phenoxy) is 1. The van der Waals surface area contributed by atoms with E-state index >= 15 is 0 Å². The van der Waals surface area contributed by atoms with Crippen LogP contribution in [0.2, 0.25) is 0 Å². The molecule has 0 aliphatic rings. The molecule has 0 N–H and O–H groups in total. The molecule has 30 heavy (non-hydrogen) atoms. The first-order valence-electron chi connectivity index (χ1n) is 9.15. The second kappa shape index (κ2) is 7.28. The van der Waals surface area contributed by atoms with Crippen LogP contribution in [0.25, 0.3) is 39.9 Å². The average Bonchev–Trinajstić information content (AvgIpc) is 3.54. The predicted octanol–water partition coefficient (Wildman–Crippen LogP) is 3.96. The first-order chi connectivity index (χ1) is 14.7. The first-order valence-corrected chi connectivity index (χ1v) is 9.15. The predicted molar refractivity (Wildman–Crippen MR) is 107 cm³/mol. The molecule has 3 heterocycles. The van der Waals surface area contributed by atoms with Gasteiger partial charge in [-0.3, -0.25) is 0 Å². The van der Waals surface area contributed by atoms with Gasteiger partial charge in [0.25, 0.3) is 11.8 Å². The third-order valence-corrected chi connectivity index (χ3v) is 4.61. The maximum atomic E-state index is 5.99. The Balaban J connectivity index is 1.55. The summed E-state index contributed by atoms with van der Waals surface area (Å²) in [5.74, 6) is 1.80. The quantitative estimate of drug-likeness (QED) is 0.437. The third-order valence-electron chi connectivity index (χ3n) is 4.61. The van der Waals surface area contributed by atoms with E-state index in [4.69, 9.17) is 13.7 Å². The summed E-state index contributed by atoms with van der Waals surface area (Å²) in [5.41, 5.74) is 3.62. The molecular weight excluding hydrogens is 384 g/mol. The van der Waals surface area contributed by atoms with Crippen molar-refractivity contribution in [3.05, 3.63) is 66.7 Å². The molecule has 9 heteroatoms. The van der Waals surface area contributed by atoms with Crippen LogP contribution < -0.4 is 4.74 Å². The van der Waals surface area contributed by atoms with E-state index in [9.17, 15) is 0 Å². The number of hydrogen-bond acceptors (Lipinski definition) is 8. The largest absolute Gasteiger partial charge is 0.496 e. The molecule has 0 saturated heterocycles. The highest BCUT2D eigenvalue weighted by Crippen LogP contribution is 2.36. The van der Waals surface area contributed by atoms with E-state index in [2.05, 4.69) is 25.6 Å². The Labute approximate surface area is 170 Å². The van der Waals surface area contributed by atoms with Gasteiger partial charge in [-0.05, 0) is 19.1 Å². The second-order valence-electron chi connectivity index (χ2n) is 6.44. The first kappa shape index (κ1) is 17.8. The Morgan fingerprint density at radius 2 is 1.70 bits per heavy atom. The maximum Gasteiger partial charge on any atom is 0.254 e. The summed E-state index contributed by atoms with van der Waals surface area (Å²) >= 11 is 0. The van der Waals surface area contributed by atoms with Gasteiger partial charge >= 0.3 is 0 Å². The van der Waals surface area contributed by atoms with Gasteiger partial charge in [-0.25, -0.2) is 0 Å². The highest BCUT2D eigenvalue weighted by Gasteiger charge is 2.23. The monoisotopic (exact) mass is 400 g/mol. The summed E-state index contributed by atoms with van der Waals surface area (Å²) < 4.78 is 16.9. The number of rotatable bonds is 5. The van der Waals surface area contributed by atoms with Crippen molar-refractivity contribution in [2.45, 2.75) is 6.92 Å². The van der Waals surface area contributed by atoms with Crippen LogP contribution in [0.3, 0.4) is 0 Å². The summed E-state index contributed by atoms with van der Waals surface area (Å²) in [6.45, 7) is 1.81. The third kappa shape index (κ3) is 3.02. The van der Waals surface area contributed by atoms with Crippen molar-refractivity contribution >= 4 is 0 Å². The minimum Gasteiger partial charge on any atom is -0.496 e. The molecule has 0 aliphatic carbocycles. The molecule has 2 aromatic carbocycles. The van der Waals surface area contributed by atoms with Crippen LogP contribution in [0.5, 0.6) is 5.75 Å². The van der Waals surface area contributed by atoms with Crippen LogP contribution in [-0.4, -0.2) is 37.5 Å². The van der Waals surface area contributed by atoms with Gasteiger partial charge in [-0.15, -0.1) is 10.2 Å². The molecule has 0 spiro atoms. The second-order valence-corrected chi connectivity index (χ2v) is 6.44. The Bertz CT molecular complexity index is 1290. The number of methoxy groups -OCH3 is 1. The highest BCUT2D eigenvalue weighted by molar-refractivity contribution is 5.78. The minimum atomic E-state index is 0.321. The SMILES string of the molecule is COc1cc(-n2nccn2)ccc1-c1nnc(-c2c(-c3ccccc3)noc2C)o1. The van der Waals surface area contributed by atoms with Gasteiger partial charge in [-0.2, -0.15) is 15.0 Å². The zero-order valence-electron chi connectivity index (χ0n) is 16.2. The fourth-order valence-electron chi connectivity index (χ4n) is 3.18. The van der Waals surface area contributed by atoms with Crippen LogP contribution in [-0.2, 0) is 0 Å². The number of aromatic nitrogens is 6. The summed E-state index contributed by atoms with van der Waals surface area (Å²) in [5, 5.41) is 20.9. The fraction of sp³-hybridized carbons (Fsp3) is 0.0952. The van der Waals surface area contributed by atoms with Crippen molar-refractivity contribution in [1.29, 1.82) is 0 Å². The van der Waals surface area contributed by atoms with Gasteiger partial charge in [0.15, 0.2) is 0 Å². The van der Waals surface area contributed by atoms with E-state index in [1.807, 2.05) is 49.4 Å². The van der Waals surface area contributed by atoms with Crippen molar-refractivity contribution in [3.63, 3.8) is 0 Å². The van der Waals surface area contributed by atoms with Gasteiger partial charge in [0.1, 0.15) is 22.8 Å². The van der Waals surface area contributed by atoms with Crippen LogP contribution in [0.4, 0.5) is 0 Å². The van der Waals surface area contributed by atoms with Crippen molar-refractivity contribution in [3.8, 4) is 45.6 Å². The Hall–Kier alpha value is -4.27. The Morgan fingerprint density at radius 3 is 2.47 bits per heavy atom. The maximum absolute atomic E-state index is 5.99. The lowest BCUT2D eigenvalue weighted by molar-refractivity contribution is 0.399. The van der Waals surface area contributed by atoms with Crippen LogP contribution in [0, 0.1) is 6.92 Å². The topological polar surface area (TPSA) is 105 Å². The molecule has 0 bridgehead atoms. The van der Waals surface area contributed by atoms with E-state index in [-0.39, 0.29) is 0 Å². The molecule has 0 amide bonds. The molecule has 5 rings (SSSR count). The molecule has 0 saturated carbocycles. The zero-order chi connectivity index (χ0) is 20.5. The molecule has 148 valence electrons. The summed E-state index contributed by atoms with van der Waals surface area (Å²) in [6.07, 6.45) is 3.21. The van der Waals surface area contributed by atoms with Crippen molar-refractivity contribution in [1.82, 2.24) is 30.3 Å². The summed E-state index contributed by atoms with van der Waals surface area (Å²) in [4.78, 5) is 1.50. The number of benzene rings is 2. The number of hydrogen-bond donors (Lipinski definition) is 0. The van der Waals surface area contributed by atoms with Crippen LogP contribution >= 0.6 is 0 Å². The smallest absolute Gasteiger partial charge is 0.254 e. The van der Waals surface area contributed by atoms with Crippen molar-refractivity contribution in [2.24, 2.45) is 0 Å². The lowest BCUT2D eigenvalue weighted by Crippen LogP contribution is -1.99. The highest BCUT2D eigenvalue weighted by atomic mass is 16.5. The van der Waals surface area contributed by atoms with Crippen LogP contribution in [0.1, 0.15) is 5.76 Å². The molecule has 0 fully saturated rings. The standard InChI is InChI=1S/C21H16N6O3/c1-13-18(19(26-30-13)14-6-4-3-5-7-14)21-25-24-20(29-21)16-9-8-15(12-17(16)28-2)27-22-10-11-23-27/h3-12H,1-2H3. The molecule has 9 nitrogen and oxygen atoms in total. The van der Waals surface area contributed by atoms with Crippen molar-refractivity contribution < 1.29 is 13.7 Å². The molecule has 0 radical (unpaired) electrons. The van der Waals surface area contributed by atoms with Crippen molar-refractivity contribution in [2.75, 3.05) is 7.11 Å². The Morgan fingerprint density at radius 1 is 0.933 bits per heavy atom. The number of aryl methyl sites for hydroxylation is 1. The van der Waals surface area contributed by atoms with Gasteiger partial charge in [0.2, 0.25) is 0 Å².